The van der Waals surface area contributed by atoms with Crippen molar-refractivity contribution < 1.29 is 36.2 Å². The average molecular weight is 341 g/mol. The Hall–Kier alpha value is -1.81. The molecule has 0 saturated heterocycles. The third-order valence-electron chi connectivity index (χ3n) is 2.54. The molecule has 1 aromatic carbocycles. The Bertz CT molecular complexity index is 636. The minimum Gasteiger partial charge on any atom is -0.480 e. The van der Waals surface area contributed by atoms with Crippen molar-refractivity contribution in [3.63, 3.8) is 0 Å². The fraction of sp³-hybridized carbons (Fsp3) is 0.417. The lowest BCUT2D eigenvalue weighted by molar-refractivity contribution is -0.137. The number of hydrogen-bond donors (Lipinski definition) is 1. The zero-order valence-electron chi connectivity index (χ0n) is 11.5. The van der Waals surface area contributed by atoms with Crippen LogP contribution >= 0.6 is 0 Å². The van der Waals surface area contributed by atoms with Crippen molar-refractivity contribution in [2.45, 2.75) is 24.9 Å². The molecule has 1 rings (SSSR count). The lowest BCUT2D eigenvalue weighted by Crippen LogP contribution is -2.36. The van der Waals surface area contributed by atoms with Gasteiger partial charge in [0.2, 0.25) is 10.0 Å². The van der Waals surface area contributed by atoms with Gasteiger partial charge in [-0.3, -0.25) is 4.79 Å². The molecule has 0 aliphatic heterocycles. The van der Waals surface area contributed by atoms with Crippen LogP contribution in [-0.2, 0) is 14.8 Å². The van der Waals surface area contributed by atoms with Crippen molar-refractivity contribution in [3.05, 3.63) is 24.0 Å². The van der Waals surface area contributed by atoms with Crippen molar-refractivity contribution in [1.82, 2.24) is 4.31 Å². The van der Waals surface area contributed by atoms with E-state index in [1.54, 1.807) is 6.92 Å². The fourth-order valence-electron chi connectivity index (χ4n) is 1.67. The zero-order chi connectivity index (χ0) is 16.9. The predicted molar refractivity (Wildman–Crippen MR) is 69.7 cm³/mol. The highest BCUT2D eigenvalue weighted by molar-refractivity contribution is 7.89. The van der Waals surface area contributed by atoms with Gasteiger partial charge in [-0.1, -0.05) is 6.92 Å². The van der Waals surface area contributed by atoms with E-state index in [4.69, 9.17) is 5.11 Å². The number of carboxylic acid groups (broad SMARTS) is 1. The Morgan fingerprint density at radius 2 is 2.05 bits per heavy atom. The zero-order valence-corrected chi connectivity index (χ0v) is 12.3. The van der Waals surface area contributed by atoms with Crippen LogP contribution in [0.2, 0.25) is 0 Å². The molecule has 0 heterocycles. The summed E-state index contributed by atoms with van der Waals surface area (Å²) in [5, 5.41) is 8.74. The van der Waals surface area contributed by atoms with E-state index >= 15 is 0 Å². The number of halogens is 3. The van der Waals surface area contributed by atoms with Crippen LogP contribution in [0.5, 0.6) is 5.75 Å². The van der Waals surface area contributed by atoms with Crippen LogP contribution in [0, 0.1) is 5.82 Å². The monoisotopic (exact) mass is 341 g/mol. The molecule has 0 aliphatic carbocycles. The molecule has 0 aliphatic rings. The summed E-state index contributed by atoms with van der Waals surface area (Å²) in [4.78, 5) is 10.2. The molecule has 6 nitrogen and oxygen atoms in total. The quantitative estimate of drug-likeness (QED) is 0.781. The standard InChI is InChI=1S/C12H14F3NO5S/c1-2-5-16(7-11(17)18)22(19,20)8-3-4-10(9(13)6-8)21-12(14)15/h3-4,6,12H,2,5,7H2,1H3,(H,17,18). The molecular weight excluding hydrogens is 327 g/mol. The first kappa shape index (κ1) is 18.2. The number of ether oxygens (including phenoxy) is 1. The van der Waals surface area contributed by atoms with Crippen LogP contribution in [0.25, 0.3) is 0 Å². The molecule has 0 aromatic heterocycles. The summed E-state index contributed by atoms with van der Waals surface area (Å²) in [7, 11) is -4.26. The largest absolute Gasteiger partial charge is 0.480 e. The van der Waals surface area contributed by atoms with Crippen LogP contribution < -0.4 is 4.74 Å². The van der Waals surface area contributed by atoms with Crippen molar-refractivity contribution in [2.24, 2.45) is 0 Å². The Morgan fingerprint density at radius 1 is 1.41 bits per heavy atom. The molecular formula is C12H14F3NO5S. The van der Waals surface area contributed by atoms with Gasteiger partial charge >= 0.3 is 12.6 Å². The van der Waals surface area contributed by atoms with E-state index in [0.29, 0.717) is 16.8 Å². The number of hydrogen-bond acceptors (Lipinski definition) is 4. The SMILES string of the molecule is CCCN(CC(=O)O)S(=O)(=O)c1ccc(OC(F)F)c(F)c1. The van der Waals surface area contributed by atoms with Gasteiger partial charge in [0.05, 0.1) is 4.90 Å². The van der Waals surface area contributed by atoms with Crippen LogP contribution in [0.4, 0.5) is 13.2 Å². The fourth-order valence-corrected chi connectivity index (χ4v) is 3.16. The van der Waals surface area contributed by atoms with E-state index in [1.807, 2.05) is 0 Å². The number of carboxylic acids is 1. The second-order valence-corrected chi connectivity index (χ2v) is 6.14. The molecule has 0 spiro atoms. The van der Waals surface area contributed by atoms with Gasteiger partial charge in [-0.2, -0.15) is 13.1 Å². The van der Waals surface area contributed by atoms with Gasteiger partial charge in [0.1, 0.15) is 6.54 Å². The highest BCUT2D eigenvalue weighted by Crippen LogP contribution is 2.24. The Balaban J connectivity index is 3.15. The highest BCUT2D eigenvalue weighted by atomic mass is 32.2. The molecule has 124 valence electrons. The Kier molecular flexibility index (Phi) is 6.18. The smallest absolute Gasteiger partial charge is 0.387 e. The topological polar surface area (TPSA) is 83.9 Å². The van der Waals surface area contributed by atoms with Crippen molar-refractivity contribution >= 4 is 16.0 Å². The van der Waals surface area contributed by atoms with Crippen LogP contribution in [-0.4, -0.2) is 43.5 Å². The first-order chi connectivity index (χ1) is 10.2. The Morgan fingerprint density at radius 3 is 2.50 bits per heavy atom. The van der Waals surface area contributed by atoms with Gasteiger partial charge in [-0.05, 0) is 24.6 Å². The van der Waals surface area contributed by atoms with Crippen molar-refractivity contribution in [1.29, 1.82) is 0 Å². The number of nitrogens with zero attached hydrogens (tertiary/aromatic N) is 1. The van der Waals surface area contributed by atoms with Gasteiger partial charge < -0.3 is 9.84 Å². The lowest BCUT2D eigenvalue weighted by Gasteiger charge is -2.19. The Labute approximate surface area is 125 Å². The minimum atomic E-state index is -4.26. The van der Waals surface area contributed by atoms with E-state index < -0.39 is 45.6 Å². The normalized spacial score (nSPS) is 11.9. The molecule has 0 amide bonds. The summed E-state index contributed by atoms with van der Waals surface area (Å²) in [5.74, 6) is -3.45. The second-order valence-electron chi connectivity index (χ2n) is 4.20. The third-order valence-corrected chi connectivity index (χ3v) is 4.38. The van der Waals surface area contributed by atoms with E-state index in [0.717, 1.165) is 12.1 Å². The molecule has 22 heavy (non-hydrogen) atoms. The van der Waals surface area contributed by atoms with Crippen LogP contribution in [0.3, 0.4) is 0 Å². The van der Waals surface area contributed by atoms with Gasteiger partial charge in [0, 0.05) is 6.54 Å². The van der Waals surface area contributed by atoms with E-state index in [1.165, 1.54) is 0 Å². The first-order valence-electron chi connectivity index (χ1n) is 6.14. The maximum Gasteiger partial charge on any atom is 0.387 e. The average Bonchev–Trinajstić information content (AvgIpc) is 2.39. The molecule has 0 fully saturated rings. The summed E-state index contributed by atoms with van der Waals surface area (Å²) in [6.07, 6.45) is 0.349. The van der Waals surface area contributed by atoms with E-state index in [2.05, 4.69) is 4.74 Å². The summed E-state index contributed by atoms with van der Waals surface area (Å²) >= 11 is 0. The predicted octanol–water partition coefficient (Wildman–Crippen LogP) is 1.91. The second kappa shape index (κ2) is 7.45. The van der Waals surface area contributed by atoms with Crippen LogP contribution in [0.15, 0.2) is 23.1 Å². The maximum atomic E-state index is 13.6. The third kappa shape index (κ3) is 4.60. The maximum absolute atomic E-state index is 13.6. The number of benzene rings is 1. The van der Waals surface area contributed by atoms with Gasteiger partial charge in [-0.15, -0.1) is 0 Å². The number of aliphatic carboxylic acids is 1. The van der Waals surface area contributed by atoms with Crippen LogP contribution in [0.1, 0.15) is 13.3 Å². The minimum absolute atomic E-state index is 0.0778. The van der Waals surface area contributed by atoms with Gasteiger partial charge in [0.15, 0.2) is 11.6 Å². The molecule has 0 bridgehead atoms. The lowest BCUT2D eigenvalue weighted by atomic mass is 10.3. The molecule has 0 atom stereocenters. The number of sulfonamides is 1. The molecule has 1 aromatic rings. The summed E-state index contributed by atoms with van der Waals surface area (Å²) in [6.45, 7) is -2.47. The van der Waals surface area contributed by atoms with Gasteiger partial charge in [-0.25, -0.2) is 12.8 Å². The number of carbonyl (C=O) groups is 1. The summed E-state index contributed by atoms with van der Waals surface area (Å²) < 4.78 is 66.7. The molecule has 0 saturated carbocycles. The molecule has 10 heteroatoms. The van der Waals surface area contributed by atoms with E-state index in [9.17, 15) is 26.4 Å². The van der Waals surface area contributed by atoms with Crippen molar-refractivity contribution in [2.75, 3.05) is 13.1 Å². The molecule has 0 radical (unpaired) electrons. The molecule has 1 N–H and O–H groups in total. The van der Waals surface area contributed by atoms with E-state index in [-0.39, 0.29) is 6.54 Å². The highest BCUT2D eigenvalue weighted by Gasteiger charge is 2.27. The van der Waals surface area contributed by atoms with Crippen molar-refractivity contribution in [3.8, 4) is 5.75 Å². The number of alkyl halides is 2. The first-order valence-corrected chi connectivity index (χ1v) is 7.58. The molecule has 0 unspecified atom stereocenters. The summed E-state index contributed by atoms with van der Waals surface area (Å²) in [6, 6.07) is 2.14. The summed E-state index contributed by atoms with van der Waals surface area (Å²) in [5.41, 5.74) is 0. The van der Waals surface area contributed by atoms with Gasteiger partial charge in [0.25, 0.3) is 0 Å². The number of rotatable bonds is 8.